The number of hydrogen-bond donors (Lipinski definition) is 1. The third-order valence-corrected chi connectivity index (χ3v) is 3.30. The molecule has 0 amide bonds. The van der Waals surface area contributed by atoms with Crippen LogP contribution in [0, 0.1) is 5.92 Å². The van der Waals surface area contributed by atoms with Gasteiger partial charge in [0.1, 0.15) is 0 Å². The Kier molecular flexibility index (Phi) is 12.3. The molecule has 0 saturated heterocycles. The normalized spacial score (nSPS) is 14.8. The van der Waals surface area contributed by atoms with Gasteiger partial charge >= 0.3 is 0 Å². The van der Waals surface area contributed by atoms with Crippen LogP contribution >= 0.6 is 0 Å². The molecule has 0 aliphatic carbocycles. The lowest BCUT2D eigenvalue weighted by Gasteiger charge is -2.19. The molecule has 17 heavy (non-hydrogen) atoms. The molecule has 0 fully saturated rings. The summed E-state index contributed by atoms with van der Waals surface area (Å²) in [5.74, 6) is 0.757. The molecule has 0 aromatic heterocycles. The Hall–Kier alpha value is -0.0800. The minimum Gasteiger partial charge on any atom is -0.377 e. The second-order valence-electron chi connectivity index (χ2n) is 5.12. The molecule has 0 saturated carbocycles. The van der Waals surface area contributed by atoms with Crippen molar-refractivity contribution in [1.29, 1.82) is 0 Å². The minimum absolute atomic E-state index is 0.350. The van der Waals surface area contributed by atoms with Gasteiger partial charge in [0, 0.05) is 13.2 Å². The van der Waals surface area contributed by atoms with Crippen LogP contribution in [0.1, 0.15) is 66.2 Å². The molecule has 0 aromatic carbocycles. The molecule has 2 nitrogen and oxygen atoms in total. The number of rotatable bonds is 12. The van der Waals surface area contributed by atoms with Crippen LogP contribution in [0.4, 0.5) is 0 Å². The molecule has 0 heterocycles. The summed E-state index contributed by atoms with van der Waals surface area (Å²) in [4.78, 5) is 0. The molecule has 2 atom stereocenters. The van der Waals surface area contributed by atoms with Gasteiger partial charge in [-0.05, 0) is 32.2 Å². The van der Waals surface area contributed by atoms with E-state index in [4.69, 9.17) is 4.74 Å². The Morgan fingerprint density at radius 1 is 1.06 bits per heavy atom. The minimum atomic E-state index is 0.350. The summed E-state index contributed by atoms with van der Waals surface area (Å²) in [7, 11) is 0. The number of nitrogens with one attached hydrogen (secondary N) is 1. The maximum atomic E-state index is 5.91. The van der Waals surface area contributed by atoms with Crippen molar-refractivity contribution in [2.24, 2.45) is 5.92 Å². The van der Waals surface area contributed by atoms with Gasteiger partial charge in [0.15, 0.2) is 0 Å². The van der Waals surface area contributed by atoms with E-state index in [9.17, 15) is 0 Å². The molecule has 0 aliphatic rings. The zero-order valence-corrected chi connectivity index (χ0v) is 12.4. The molecule has 0 rings (SSSR count). The van der Waals surface area contributed by atoms with E-state index in [2.05, 4.69) is 33.0 Å². The predicted molar refractivity (Wildman–Crippen MR) is 76.5 cm³/mol. The van der Waals surface area contributed by atoms with Crippen molar-refractivity contribution in [1.82, 2.24) is 5.32 Å². The Labute approximate surface area is 109 Å². The highest BCUT2D eigenvalue weighted by Gasteiger charge is 2.08. The fourth-order valence-corrected chi connectivity index (χ4v) is 1.86. The van der Waals surface area contributed by atoms with E-state index in [0.29, 0.717) is 6.10 Å². The highest BCUT2D eigenvalue weighted by atomic mass is 16.5. The quantitative estimate of drug-likeness (QED) is 0.523. The van der Waals surface area contributed by atoms with Crippen molar-refractivity contribution in [2.45, 2.75) is 72.3 Å². The summed E-state index contributed by atoms with van der Waals surface area (Å²) in [5.41, 5.74) is 0. The van der Waals surface area contributed by atoms with E-state index in [0.717, 1.165) is 25.6 Å². The summed E-state index contributed by atoms with van der Waals surface area (Å²) >= 11 is 0. The van der Waals surface area contributed by atoms with Crippen LogP contribution in [0.15, 0.2) is 0 Å². The average Bonchev–Trinajstić information content (AvgIpc) is 2.35. The molecular formula is C15H33NO. The van der Waals surface area contributed by atoms with Crippen molar-refractivity contribution < 1.29 is 4.74 Å². The van der Waals surface area contributed by atoms with Crippen LogP contribution in [0.5, 0.6) is 0 Å². The number of ether oxygens (including phenoxy) is 1. The summed E-state index contributed by atoms with van der Waals surface area (Å²) in [6.45, 7) is 12.0. The van der Waals surface area contributed by atoms with Crippen LogP contribution in [0.3, 0.4) is 0 Å². The van der Waals surface area contributed by atoms with Gasteiger partial charge in [-0.1, -0.05) is 46.5 Å². The molecular weight excluding hydrogens is 210 g/mol. The Balaban J connectivity index is 3.48. The molecule has 0 radical (unpaired) electrons. The molecule has 2 unspecified atom stereocenters. The van der Waals surface area contributed by atoms with Gasteiger partial charge in [0.05, 0.1) is 6.10 Å². The maximum Gasteiger partial charge on any atom is 0.0671 e. The first-order chi connectivity index (χ1) is 8.24. The first-order valence-corrected chi connectivity index (χ1v) is 7.56. The smallest absolute Gasteiger partial charge is 0.0671 e. The monoisotopic (exact) mass is 243 g/mol. The third kappa shape index (κ3) is 10.8. The largest absolute Gasteiger partial charge is 0.377 e. The van der Waals surface area contributed by atoms with Crippen LogP contribution in [-0.4, -0.2) is 25.8 Å². The topological polar surface area (TPSA) is 21.3 Å². The van der Waals surface area contributed by atoms with E-state index in [1.807, 2.05) is 0 Å². The summed E-state index contributed by atoms with van der Waals surface area (Å²) in [5, 5.41) is 3.45. The van der Waals surface area contributed by atoms with E-state index in [-0.39, 0.29) is 0 Å². The second kappa shape index (κ2) is 12.4. The van der Waals surface area contributed by atoms with Crippen LogP contribution in [0.25, 0.3) is 0 Å². The highest BCUT2D eigenvalue weighted by molar-refractivity contribution is 4.60. The fraction of sp³-hybridized carbons (Fsp3) is 1.00. The van der Waals surface area contributed by atoms with Crippen molar-refractivity contribution >= 4 is 0 Å². The highest BCUT2D eigenvalue weighted by Crippen LogP contribution is 2.13. The maximum absolute atomic E-state index is 5.91. The van der Waals surface area contributed by atoms with Gasteiger partial charge in [-0.3, -0.25) is 0 Å². The van der Waals surface area contributed by atoms with E-state index >= 15 is 0 Å². The summed E-state index contributed by atoms with van der Waals surface area (Å²) in [6.07, 6.45) is 8.08. The Morgan fingerprint density at radius 3 is 2.35 bits per heavy atom. The van der Waals surface area contributed by atoms with Crippen molar-refractivity contribution in [3.05, 3.63) is 0 Å². The van der Waals surface area contributed by atoms with Gasteiger partial charge in [-0.2, -0.15) is 0 Å². The average molecular weight is 243 g/mol. The van der Waals surface area contributed by atoms with E-state index < -0.39 is 0 Å². The molecule has 2 heteroatoms. The fourth-order valence-electron chi connectivity index (χ4n) is 1.86. The SMILES string of the molecule is CCCCNCC(C)OCC(CC)CCCC. The summed E-state index contributed by atoms with van der Waals surface area (Å²) < 4.78 is 5.91. The Morgan fingerprint density at radius 2 is 1.76 bits per heavy atom. The lowest BCUT2D eigenvalue weighted by molar-refractivity contribution is 0.0370. The van der Waals surface area contributed by atoms with Crippen molar-refractivity contribution in [3.8, 4) is 0 Å². The standard InChI is InChI=1S/C15H33NO/c1-5-8-10-15(7-3)13-17-14(4)12-16-11-9-6-2/h14-16H,5-13H2,1-4H3. The molecule has 0 bridgehead atoms. The molecule has 104 valence electrons. The van der Waals surface area contributed by atoms with Crippen molar-refractivity contribution in [3.63, 3.8) is 0 Å². The van der Waals surface area contributed by atoms with Gasteiger partial charge in [-0.25, -0.2) is 0 Å². The van der Waals surface area contributed by atoms with Gasteiger partial charge in [0.2, 0.25) is 0 Å². The third-order valence-electron chi connectivity index (χ3n) is 3.30. The summed E-state index contributed by atoms with van der Waals surface area (Å²) in [6, 6.07) is 0. The first kappa shape index (κ1) is 16.9. The number of unbranched alkanes of at least 4 members (excludes halogenated alkanes) is 2. The van der Waals surface area contributed by atoms with Crippen molar-refractivity contribution in [2.75, 3.05) is 19.7 Å². The second-order valence-corrected chi connectivity index (χ2v) is 5.12. The van der Waals surface area contributed by atoms with Crippen LogP contribution in [0.2, 0.25) is 0 Å². The van der Waals surface area contributed by atoms with Gasteiger partial charge in [-0.15, -0.1) is 0 Å². The van der Waals surface area contributed by atoms with Gasteiger partial charge in [0.25, 0.3) is 0 Å². The van der Waals surface area contributed by atoms with E-state index in [1.165, 1.54) is 38.5 Å². The van der Waals surface area contributed by atoms with Gasteiger partial charge < -0.3 is 10.1 Å². The lowest BCUT2D eigenvalue weighted by Crippen LogP contribution is -2.29. The van der Waals surface area contributed by atoms with Crippen LogP contribution in [-0.2, 0) is 4.74 Å². The Bertz CT molecular complexity index is 150. The first-order valence-electron chi connectivity index (χ1n) is 7.56. The van der Waals surface area contributed by atoms with E-state index in [1.54, 1.807) is 0 Å². The molecule has 0 aromatic rings. The molecule has 0 aliphatic heterocycles. The molecule has 0 spiro atoms. The molecule has 1 N–H and O–H groups in total. The van der Waals surface area contributed by atoms with Crippen LogP contribution < -0.4 is 5.32 Å². The zero-order chi connectivity index (χ0) is 12.9. The number of hydrogen-bond acceptors (Lipinski definition) is 2. The lowest BCUT2D eigenvalue weighted by atomic mass is 10.0. The zero-order valence-electron chi connectivity index (χ0n) is 12.4. The predicted octanol–water partition coefficient (Wildman–Crippen LogP) is 4.00.